The van der Waals surface area contributed by atoms with E-state index in [1.54, 1.807) is 25.6 Å². The van der Waals surface area contributed by atoms with Crippen LogP contribution in [-0.2, 0) is 4.74 Å². The van der Waals surface area contributed by atoms with Crippen LogP contribution in [0.25, 0.3) is 0 Å². The molecule has 0 aliphatic carbocycles. The highest BCUT2D eigenvalue weighted by molar-refractivity contribution is 7.98. The Morgan fingerprint density at radius 3 is 2.79 bits per heavy atom. The Bertz CT molecular complexity index is 173. The van der Waals surface area contributed by atoms with Crippen LogP contribution in [0.4, 0.5) is 4.79 Å². The summed E-state index contributed by atoms with van der Waals surface area (Å²) in [6.07, 6.45) is 2.16. The molecule has 0 aromatic heterocycles. The maximum Gasteiger partial charge on any atom is 0.407 e. The number of rotatable bonds is 6. The lowest BCUT2D eigenvalue weighted by molar-refractivity contribution is 0.0542. The fraction of sp³-hybridized carbons (Fsp3) is 0.889. The van der Waals surface area contributed by atoms with Crippen molar-refractivity contribution in [3.8, 4) is 0 Å². The summed E-state index contributed by atoms with van der Waals surface area (Å²) in [5.74, 6) is 0.873. The van der Waals surface area contributed by atoms with Crippen molar-refractivity contribution in [2.45, 2.75) is 25.9 Å². The minimum Gasteiger partial charge on any atom is -0.450 e. The van der Waals surface area contributed by atoms with E-state index in [1.807, 2.05) is 6.26 Å². The fourth-order valence-corrected chi connectivity index (χ4v) is 1.50. The van der Waals surface area contributed by atoms with Crippen molar-refractivity contribution in [1.29, 1.82) is 0 Å². The summed E-state index contributed by atoms with van der Waals surface area (Å²) in [5.41, 5.74) is -0.851. The monoisotopic (exact) mass is 221 g/mol. The largest absolute Gasteiger partial charge is 0.450 e. The highest BCUT2D eigenvalue weighted by Gasteiger charge is 2.20. The van der Waals surface area contributed by atoms with Gasteiger partial charge in [0.15, 0.2) is 0 Å². The van der Waals surface area contributed by atoms with Crippen LogP contribution < -0.4 is 5.32 Å². The van der Waals surface area contributed by atoms with Crippen molar-refractivity contribution in [3.05, 3.63) is 0 Å². The Kier molecular flexibility index (Phi) is 6.74. The second-order valence-corrected chi connectivity index (χ2v) is 4.30. The van der Waals surface area contributed by atoms with E-state index in [9.17, 15) is 9.90 Å². The first-order valence-corrected chi connectivity index (χ1v) is 6.03. The van der Waals surface area contributed by atoms with Gasteiger partial charge in [0.1, 0.15) is 0 Å². The number of nitrogens with one attached hydrogen (secondary N) is 1. The number of ether oxygens (including phenoxy) is 1. The fourth-order valence-electron chi connectivity index (χ4n) is 0.855. The smallest absolute Gasteiger partial charge is 0.407 e. The molecule has 14 heavy (non-hydrogen) atoms. The van der Waals surface area contributed by atoms with Crippen LogP contribution in [0, 0.1) is 0 Å². The van der Waals surface area contributed by atoms with Crippen LogP contribution in [-0.4, -0.2) is 42.0 Å². The number of amides is 1. The Balaban J connectivity index is 3.68. The maximum absolute atomic E-state index is 10.9. The van der Waals surface area contributed by atoms with Gasteiger partial charge in [-0.15, -0.1) is 0 Å². The Hall–Kier alpha value is -0.420. The van der Waals surface area contributed by atoms with E-state index < -0.39 is 11.7 Å². The SMILES string of the molecule is CCOC(=O)NCC(C)(O)CCSC. The Morgan fingerprint density at radius 2 is 2.29 bits per heavy atom. The molecule has 0 rings (SSSR count). The van der Waals surface area contributed by atoms with Crippen molar-refractivity contribution in [2.75, 3.05) is 25.2 Å². The van der Waals surface area contributed by atoms with E-state index in [0.29, 0.717) is 13.0 Å². The third-order valence-electron chi connectivity index (χ3n) is 1.73. The number of carbonyl (C=O) groups excluding carboxylic acids is 1. The predicted octanol–water partition coefficient (Wildman–Crippen LogP) is 1.24. The number of thioether (sulfide) groups is 1. The molecule has 0 aliphatic heterocycles. The molecule has 0 spiro atoms. The molecule has 1 unspecified atom stereocenters. The maximum atomic E-state index is 10.9. The molecule has 0 saturated heterocycles. The highest BCUT2D eigenvalue weighted by atomic mass is 32.2. The highest BCUT2D eigenvalue weighted by Crippen LogP contribution is 2.11. The summed E-state index contributed by atoms with van der Waals surface area (Å²) in [5, 5.41) is 12.3. The van der Waals surface area contributed by atoms with Gasteiger partial charge in [0.05, 0.1) is 12.2 Å². The summed E-state index contributed by atoms with van der Waals surface area (Å²) >= 11 is 1.67. The summed E-state index contributed by atoms with van der Waals surface area (Å²) < 4.78 is 4.68. The molecule has 0 heterocycles. The number of hydrogen-bond donors (Lipinski definition) is 2. The van der Waals surface area contributed by atoms with Crippen LogP contribution in [0.1, 0.15) is 20.3 Å². The summed E-state index contributed by atoms with van der Waals surface area (Å²) in [6.45, 7) is 4.02. The molecule has 0 saturated carbocycles. The minimum absolute atomic E-state index is 0.229. The van der Waals surface area contributed by atoms with Crippen LogP contribution in [0.2, 0.25) is 0 Å². The molecule has 1 atom stereocenters. The van der Waals surface area contributed by atoms with Gasteiger partial charge in [0.2, 0.25) is 0 Å². The van der Waals surface area contributed by atoms with Crippen molar-refractivity contribution in [2.24, 2.45) is 0 Å². The summed E-state index contributed by atoms with van der Waals surface area (Å²) in [7, 11) is 0. The average Bonchev–Trinajstić information content (AvgIpc) is 2.13. The average molecular weight is 221 g/mol. The first-order chi connectivity index (χ1) is 6.52. The topological polar surface area (TPSA) is 58.6 Å². The molecule has 1 amide bonds. The van der Waals surface area contributed by atoms with Gasteiger partial charge >= 0.3 is 6.09 Å². The molecule has 0 bridgehead atoms. The second-order valence-electron chi connectivity index (χ2n) is 3.31. The lowest BCUT2D eigenvalue weighted by Gasteiger charge is -2.22. The van der Waals surface area contributed by atoms with Gasteiger partial charge in [-0.3, -0.25) is 0 Å². The zero-order valence-electron chi connectivity index (χ0n) is 9.00. The number of hydrogen-bond acceptors (Lipinski definition) is 4. The Morgan fingerprint density at radius 1 is 1.64 bits per heavy atom. The molecule has 5 heteroatoms. The van der Waals surface area contributed by atoms with Gasteiger partial charge in [-0.1, -0.05) is 0 Å². The Labute approximate surface area is 89.4 Å². The van der Waals surface area contributed by atoms with Crippen LogP contribution in [0.3, 0.4) is 0 Å². The van der Waals surface area contributed by atoms with E-state index in [1.165, 1.54) is 0 Å². The number of alkyl carbamates (subject to hydrolysis) is 1. The van der Waals surface area contributed by atoms with Gasteiger partial charge in [0.25, 0.3) is 0 Å². The molecule has 0 radical (unpaired) electrons. The van der Waals surface area contributed by atoms with Crippen LogP contribution in [0.15, 0.2) is 0 Å². The van der Waals surface area contributed by atoms with E-state index in [4.69, 9.17) is 0 Å². The third-order valence-corrected chi connectivity index (χ3v) is 2.35. The first-order valence-electron chi connectivity index (χ1n) is 4.64. The van der Waals surface area contributed by atoms with Crippen molar-refractivity contribution in [3.63, 3.8) is 0 Å². The van der Waals surface area contributed by atoms with Crippen molar-refractivity contribution >= 4 is 17.9 Å². The third kappa shape index (κ3) is 7.03. The summed E-state index contributed by atoms with van der Waals surface area (Å²) in [4.78, 5) is 10.9. The van der Waals surface area contributed by atoms with E-state index in [2.05, 4.69) is 10.1 Å². The molecule has 4 nitrogen and oxygen atoms in total. The molecule has 0 aromatic carbocycles. The quantitative estimate of drug-likeness (QED) is 0.708. The molecule has 2 N–H and O–H groups in total. The summed E-state index contributed by atoms with van der Waals surface area (Å²) in [6, 6.07) is 0. The normalized spacial score (nSPS) is 14.6. The van der Waals surface area contributed by atoms with Crippen LogP contribution >= 0.6 is 11.8 Å². The minimum atomic E-state index is -0.851. The first kappa shape index (κ1) is 13.6. The lowest BCUT2D eigenvalue weighted by Crippen LogP contribution is -2.41. The molecule has 0 aromatic rings. The molecule has 0 fully saturated rings. The molecule has 84 valence electrons. The van der Waals surface area contributed by atoms with Gasteiger partial charge in [-0.25, -0.2) is 4.79 Å². The molecular weight excluding hydrogens is 202 g/mol. The van der Waals surface area contributed by atoms with Crippen molar-refractivity contribution < 1.29 is 14.6 Å². The van der Waals surface area contributed by atoms with E-state index in [0.717, 1.165) is 5.75 Å². The molecular formula is C9H19NO3S. The second kappa shape index (κ2) is 6.95. The van der Waals surface area contributed by atoms with Crippen molar-refractivity contribution in [1.82, 2.24) is 5.32 Å². The van der Waals surface area contributed by atoms with Crippen LogP contribution in [0.5, 0.6) is 0 Å². The van der Waals surface area contributed by atoms with E-state index >= 15 is 0 Å². The molecule has 0 aliphatic rings. The standard InChI is InChI=1S/C9H19NO3S/c1-4-13-8(11)10-7-9(2,12)5-6-14-3/h12H,4-7H2,1-3H3,(H,10,11). The lowest BCUT2D eigenvalue weighted by atomic mass is 10.0. The van der Waals surface area contributed by atoms with Gasteiger partial charge in [-0.05, 0) is 32.3 Å². The van der Waals surface area contributed by atoms with Gasteiger partial charge in [0, 0.05) is 6.54 Å². The van der Waals surface area contributed by atoms with E-state index in [-0.39, 0.29) is 6.54 Å². The van der Waals surface area contributed by atoms with Gasteiger partial charge < -0.3 is 15.2 Å². The zero-order valence-corrected chi connectivity index (χ0v) is 9.82. The number of carbonyl (C=O) groups is 1. The predicted molar refractivity (Wildman–Crippen MR) is 58.6 cm³/mol. The van der Waals surface area contributed by atoms with Gasteiger partial charge in [-0.2, -0.15) is 11.8 Å². The number of aliphatic hydroxyl groups is 1. The zero-order chi connectivity index (χ0) is 11.0.